The maximum Gasteiger partial charge on any atom is 0.445 e. The predicted molar refractivity (Wildman–Crippen MR) is 112 cm³/mol. The number of nitriles is 1. The number of aromatic nitrogens is 3. The molecule has 0 bridgehead atoms. The van der Waals surface area contributed by atoms with Gasteiger partial charge in [0.1, 0.15) is 11.6 Å². The van der Waals surface area contributed by atoms with Gasteiger partial charge in [-0.15, -0.1) is 10.2 Å². The number of halogens is 3. The van der Waals surface area contributed by atoms with Gasteiger partial charge < -0.3 is 4.57 Å². The summed E-state index contributed by atoms with van der Waals surface area (Å²) >= 11 is 0.192. The zero-order valence-corrected chi connectivity index (χ0v) is 17.7. The molecule has 160 valence electrons. The minimum atomic E-state index is -4.65. The molecule has 1 N–H and O–H groups in total. The number of alkyl halides is 3. The average Bonchev–Trinajstić information content (AvgIpc) is 3.30. The van der Waals surface area contributed by atoms with Crippen molar-refractivity contribution in [3.8, 4) is 11.8 Å². The summed E-state index contributed by atoms with van der Waals surface area (Å²) in [6, 6.07) is 11.7. The second kappa shape index (κ2) is 8.73. The maximum atomic E-state index is 12.6. The van der Waals surface area contributed by atoms with Crippen molar-refractivity contribution in [2.24, 2.45) is 0 Å². The maximum absolute atomic E-state index is 12.6. The summed E-state index contributed by atoms with van der Waals surface area (Å²) in [6.45, 7) is 5.84. The molecule has 10 heteroatoms. The quantitative estimate of drug-likeness (QED) is 0.439. The number of carbonyl (C=O) groups is 1. The number of carbonyl (C=O) groups excluding carboxylic acids is 1. The van der Waals surface area contributed by atoms with Crippen LogP contribution in [0.5, 0.6) is 0 Å². The first-order valence-corrected chi connectivity index (χ1v) is 10.1. The van der Waals surface area contributed by atoms with E-state index in [0.717, 1.165) is 23.5 Å². The van der Waals surface area contributed by atoms with Gasteiger partial charge in [0, 0.05) is 17.1 Å². The molecule has 0 radical (unpaired) electrons. The highest BCUT2D eigenvalue weighted by molar-refractivity contribution is 7.15. The molecule has 31 heavy (non-hydrogen) atoms. The van der Waals surface area contributed by atoms with Gasteiger partial charge >= 0.3 is 6.18 Å². The number of amides is 1. The SMILES string of the molecule is CCc1ccc(-n2c(C)cc(/C=C(/C#N)C(=O)Nc3nnc(C(F)(F)F)s3)c2C)cc1. The standard InChI is InChI=1S/C21H18F3N5OS/c1-4-14-5-7-17(8-6-14)29-12(2)9-15(13(29)3)10-16(11-25)18(30)26-20-28-27-19(31-20)21(22,23)24/h5-10H,4H2,1-3H3,(H,26,28,30)/b16-10-. The predicted octanol–water partition coefficient (Wildman–Crippen LogP) is 5.07. The third-order valence-corrected chi connectivity index (χ3v) is 5.51. The molecule has 0 saturated heterocycles. The van der Waals surface area contributed by atoms with Crippen molar-refractivity contribution in [3.05, 3.63) is 63.4 Å². The zero-order valence-electron chi connectivity index (χ0n) is 16.9. The molecule has 1 aromatic carbocycles. The molecule has 2 heterocycles. The van der Waals surface area contributed by atoms with Crippen molar-refractivity contribution in [3.63, 3.8) is 0 Å². The van der Waals surface area contributed by atoms with E-state index in [9.17, 15) is 23.2 Å². The van der Waals surface area contributed by atoms with Crippen LogP contribution in [0.1, 0.15) is 34.4 Å². The Morgan fingerprint density at radius 1 is 1.26 bits per heavy atom. The Morgan fingerprint density at radius 2 is 1.94 bits per heavy atom. The van der Waals surface area contributed by atoms with Crippen LogP contribution in [0.2, 0.25) is 0 Å². The number of nitrogens with one attached hydrogen (secondary N) is 1. The summed E-state index contributed by atoms with van der Waals surface area (Å²) in [7, 11) is 0. The topological polar surface area (TPSA) is 83.6 Å². The number of anilines is 1. The van der Waals surface area contributed by atoms with E-state index in [1.54, 1.807) is 6.07 Å². The molecule has 0 aliphatic carbocycles. The summed E-state index contributed by atoms with van der Waals surface area (Å²) in [5.41, 5.74) is 4.27. The van der Waals surface area contributed by atoms with E-state index in [1.807, 2.05) is 48.7 Å². The van der Waals surface area contributed by atoms with Gasteiger partial charge in [-0.3, -0.25) is 10.1 Å². The Bertz CT molecular complexity index is 1180. The highest BCUT2D eigenvalue weighted by Crippen LogP contribution is 2.33. The van der Waals surface area contributed by atoms with Crippen LogP contribution in [-0.4, -0.2) is 20.7 Å². The lowest BCUT2D eigenvalue weighted by Gasteiger charge is -2.10. The highest BCUT2D eigenvalue weighted by atomic mass is 32.1. The van der Waals surface area contributed by atoms with E-state index in [2.05, 4.69) is 22.4 Å². The van der Waals surface area contributed by atoms with E-state index >= 15 is 0 Å². The van der Waals surface area contributed by atoms with Crippen molar-refractivity contribution in [2.45, 2.75) is 33.4 Å². The molecule has 1 amide bonds. The van der Waals surface area contributed by atoms with Gasteiger partial charge in [0.25, 0.3) is 5.91 Å². The molecular weight excluding hydrogens is 427 g/mol. The molecule has 0 aliphatic heterocycles. The van der Waals surface area contributed by atoms with Gasteiger partial charge in [0.05, 0.1) is 0 Å². The van der Waals surface area contributed by atoms with Gasteiger partial charge in [0.15, 0.2) is 0 Å². The van der Waals surface area contributed by atoms with E-state index in [0.29, 0.717) is 5.56 Å². The van der Waals surface area contributed by atoms with Crippen molar-refractivity contribution in [1.82, 2.24) is 14.8 Å². The lowest BCUT2D eigenvalue weighted by Crippen LogP contribution is -2.13. The molecule has 0 spiro atoms. The third-order valence-electron chi connectivity index (χ3n) is 4.63. The third kappa shape index (κ3) is 4.83. The fraction of sp³-hybridized carbons (Fsp3) is 0.238. The summed E-state index contributed by atoms with van der Waals surface area (Å²) in [4.78, 5) is 12.4. The Balaban J connectivity index is 1.87. The van der Waals surface area contributed by atoms with Crippen LogP contribution in [0.3, 0.4) is 0 Å². The monoisotopic (exact) mass is 445 g/mol. The van der Waals surface area contributed by atoms with Crippen molar-refractivity contribution in [2.75, 3.05) is 5.32 Å². The second-order valence-electron chi connectivity index (χ2n) is 6.72. The van der Waals surface area contributed by atoms with Gasteiger partial charge in [-0.05, 0) is 55.7 Å². The fourth-order valence-corrected chi connectivity index (χ4v) is 3.67. The molecule has 3 aromatic rings. The van der Waals surface area contributed by atoms with Crippen molar-refractivity contribution < 1.29 is 18.0 Å². The first-order chi connectivity index (χ1) is 14.6. The van der Waals surface area contributed by atoms with Gasteiger partial charge in [-0.1, -0.05) is 30.4 Å². The van der Waals surface area contributed by atoms with Crippen LogP contribution in [0, 0.1) is 25.2 Å². The number of rotatable bonds is 5. The molecule has 0 atom stereocenters. The van der Waals surface area contributed by atoms with Crippen LogP contribution in [0.15, 0.2) is 35.9 Å². The van der Waals surface area contributed by atoms with Crippen LogP contribution < -0.4 is 5.32 Å². The zero-order chi connectivity index (χ0) is 22.8. The highest BCUT2D eigenvalue weighted by Gasteiger charge is 2.35. The van der Waals surface area contributed by atoms with Gasteiger partial charge in [-0.2, -0.15) is 18.4 Å². The molecule has 6 nitrogen and oxygen atoms in total. The number of hydrogen-bond acceptors (Lipinski definition) is 5. The molecule has 3 rings (SSSR count). The molecule has 0 saturated carbocycles. The van der Waals surface area contributed by atoms with E-state index in [1.165, 1.54) is 11.6 Å². The summed E-state index contributed by atoms with van der Waals surface area (Å²) in [5, 5.41) is 16.4. The first-order valence-electron chi connectivity index (χ1n) is 9.26. The molecule has 2 aromatic heterocycles. The lowest BCUT2D eigenvalue weighted by atomic mass is 10.1. The molecule has 0 fully saturated rings. The van der Waals surface area contributed by atoms with Gasteiger partial charge in [-0.25, -0.2) is 0 Å². The van der Waals surface area contributed by atoms with Crippen LogP contribution >= 0.6 is 11.3 Å². The molecule has 0 unspecified atom stereocenters. The number of benzene rings is 1. The minimum Gasteiger partial charge on any atom is -0.318 e. The smallest absolute Gasteiger partial charge is 0.318 e. The normalized spacial score (nSPS) is 12.0. The largest absolute Gasteiger partial charge is 0.445 e. The molecule has 0 aliphatic rings. The second-order valence-corrected chi connectivity index (χ2v) is 7.69. The van der Waals surface area contributed by atoms with E-state index < -0.39 is 17.1 Å². The van der Waals surface area contributed by atoms with Crippen LogP contribution in [0.4, 0.5) is 18.3 Å². The Morgan fingerprint density at radius 3 is 2.48 bits per heavy atom. The fourth-order valence-electron chi connectivity index (χ4n) is 3.07. The van der Waals surface area contributed by atoms with E-state index in [4.69, 9.17) is 0 Å². The average molecular weight is 445 g/mol. The van der Waals surface area contributed by atoms with Crippen LogP contribution in [-0.2, 0) is 17.4 Å². The van der Waals surface area contributed by atoms with Gasteiger partial charge in [0.2, 0.25) is 10.1 Å². The summed E-state index contributed by atoms with van der Waals surface area (Å²) < 4.78 is 39.9. The number of aryl methyl sites for hydroxylation is 2. The minimum absolute atomic E-state index is 0.192. The number of nitrogens with zero attached hydrogens (tertiary/aromatic N) is 4. The lowest BCUT2D eigenvalue weighted by molar-refractivity contribution is -0.138. The van der Waals surface area contributed by atoms with Crippen LogP contribution in [0.25, 0.3) is 11.8 Å². The first kappa shape index (κ1) is 22.2. The number of hydrogen-bond donors (Lipinski definition) is 1. The van der Waals surface area contributed by atoms with Crippen molar-refractivity contribution >= 4 is 28.5 Å². The Hall–Kier alpha value is -3.45. The van der Waals surface area contributed by atoms with Crippen molar-refractivity contribution in [1.29, 1.82) is 5.26 Å². The summed E-state index contributed by atoms with van der Waals surface area (Å²) in [6.07, 6.45) is -2.32. The Labute approximate surface area is 180 Å². The molecular formula is C21H18F3N5OS. The van der Waals surface area contributed by atoms with E-state index in [-0.39, 0.29) is 22.0 Å². The Kier molecular flexibility index (Phi) is 6.27. The summed E-state index contributed by atoms with van der Waals surface area (Å²) in [5.74, 6) is -0.857.